The zero-order chi connectivity index (χ0) is 12.6. The van der Waals surface area contributed by atoms with Crippen molar-refractivity contribution in [2.45, 2.75) is 33.1 Å². The predicted octanol–water partition coefficient (Wildman–Crippen LogP) is 3.85. The van der Waals surface area contributed by atoms with Crippen molar-refractivity contribution in [2.24, 2.45) is 0 Å². The van der Waals surface area contributed by atoms with Gasteiger partial charge in [0, 0.05) is 16.5 Å². The fourth-order valence-electron chi connectivity index (χ4n) is 2.15. The number of hydrogen-bond donors (Lipinski definition) is 0. The molecule has 0 N–H and O–H groups in total. The molecule has 2 heteroatoms. The average molecular weight is 229 g/mol. The third-order valence-corrected chi connectivity index (χ3v) is 2.92. The Labute approximate surface area is 103 Å². The third kappa shape index (κ3) is 2.26. The molecule has 2 nitrogen and oxygen atoms in total. The maximum atomic E-state index is 5.23. The van der Waals surface area contributed by atoms with Crippen molar-refractivity contribution >= 4 is 10.9 Å². The van der Waals surface area contributed by atoms with Crippen LogP contribution in [0.3, 0.4) is 0 Å². The second-order valence-electron chi connectivity index (χ2n) is 5.46. The Morgan fingerprint density at radius 3 is 2.41 bits per heavy atom. The topological polar surface area (TPSA) is 22.1 Å². The van der Waals surface area contributed by atoms with E-state index in [0.29, 0.717) is 0 Å². The van der Waals surface area contributed by atoms with Crippen LogP contribution in [0.1, 0.15) is 32.0 Å². The van der Waals surface area contributed by atoms with Gasteiger partial charge < -0.3 is 4.74 Å². The zero-order valence-corrected chi connectivity index (χ0v) is 11.2. The predicted molar refractivity (Wildman–Crippen MR) is 71.7 cm³/mol. The molecule has 0 saturated carbocycles. The molecule has 0 unspecified atom stereocenters. The Morgan fingerprint density at radius 2 is 1.82 bits per heavy atom. The first-order valence-electron chi connectivity index (χ1n) is 5.87. The second kappa shape index (κ2) is 4.02. The molecule has 0 aliphatic rings. The quantitative estimate of drug-likeness (QED) is 0.741. The highest BCUT2D eigenvalue weighted by molar-refractivity contribution is 5.81. The van der Waals surface area contributed by atoms with Gasteiger partial charge in [-0.3, -0.25) is 4.98 Å². The summed E-state index contributed by atoms with van der Waals surface area (Å²) < 4.78 is 5.23. The molecule has 0 radical (unpaired) electrons. The molecule has 0 amide bonds. The standard InChI is InChI=1S/C15H19NO/c1-10-8-11-9-12(17-5)6-7-13(11)16-14(10)15(2,3)4/h6-9H,1-5H3. The van der Waals surface area contributed by atoms with E-state index in [9.17, 15) is 0 Å². The van der Waals surface area contributed by atoms with E-state index in [1.54, 1.807) is 7.11 Å². The highest BCUT2D eigenvalue weighted by atomic mass is 16.5. The zero-order valence-electron chi connectivity index (χ0n) is 11.2. The minimum atomic E-state index is 0.0815. The van der Waals surface area contributed by atoms with E-state index in [2.05, 4.69) is 33.8 Å². The summed E-state index contributed by atoms with van der Waals surface area (Å²) in [5.41, 5.74) is 3.51. The summed E-state index contributed by atoms with van der Waals surface area (Å²) in [4.78, 5) is 4.77. The summed E-state index contributed by atoms with van der Waals surface area (Å²) in [6.07, 6.45) is 0. The lowest BCUT2D eigenvalue weighted by molar-refractivity contribution is 0.415. The van der Waals surface area contributed by atoms with Crippen LogP contribution in [0.4, 0.5) is 0 Å². The first-order chi connectivity index (χ1) is 7.91. The Kier molecular flexibility index (Phi) is 2.82. The lowest BCUT2D eigenvalue weighted by Gasteiger charge is -2.20. The number of benzene rings is 1. The summed E-state index contributed by atoms with van der Waals surface area (Å²) in [6.45, 7) is 8.69. The highest BCUT2D eigenvalue weighted by Gasteiger charge is 2.18. The van der Waals surface area contributed by atoms with Gasteiger partial charge in [0.2, 0.25) is 0 Å². The molecule has 0 atom stereocenters. The van der Waals surface area contributed by atoms with Crippen molar-refractivity contribution in [2.75, 3.05) is 7.11 Å². The minimum absolute atomic E-state index is 0.0815. The molecule has 0 saturated heterocycles. The van der Waals surface area contributed by atoms with Crippen LogP contribution in [-0.2, 0) is 5.41 Å². The number of pyridine rings is 1. The van der Waals surface area contributed by atoms with Crippen molar-refractivity contribution in [3.63, 3.8) is 0 Å². The smallest absolute Gasteiger partial charge is 0.119 e. The van der Waals surface area contributed by atoms with Crippen molar-refractivity contribution in [3.05, 3.63) is 35.5 Å². The number of rotatable bonds is 1. The van der Waals surface area contributed by atoms with E-state index in [4.69, 9.17) is 9.72 Å². The Balaban J connectivity index is 2.66. The molecule has 0 bridgehead atoms. The highest BCUT2D eigenvalue weighted by Crippen LogP contribution is 2.28. The molecule has 1 aromatic heterocycles. The van der Waals surface area contributed by atoms with E-state index < -0.39 is 0 Å². The second-order valence-corrected chi connectivity index (χ2v) is 5.46. The van der Waals surface area contributed by atoms with E-state index in [1.165, 1.54) is 5.56 Å². The fraction of sp³-hybridized carbons (Fsp3) is 0.400. The van der Waals surface area contributed by atoms with Gasteiger partial charge in [0.1, 0.15) is 5.75 Å². The summed E-state index contributed by atoms with van der Waals surface area (Å²) in [5.74, 6) is 0.877. The molecule has 0 spiro atoms. The van der Waals surface area contributed by atoms with Gasteiger partial charge in [0.25, 0.3) is 0 Å². The number of hydrogen-bond acceptors (Lipinski definition) is 2. The maximum absolute atomic E-state index is 5.23. The van der Waals surface area contributed by atoms with Gasteiger partial charge >= 0.3 is 0 Å². The van der Waals surface area contributed by atoms with Gasteiger partial charge in [-0.15, -0.1) is 0 Å². The normalized spacial score (nSPS) is 11.8. The van der Waals surface area contributed by atoms with Crippen LogP contribution in [-0.4, -0.2) is 12.1 Å². The first-order valence-corrected chi connectivity index (χ1v) is 5.87. The lowest BCUT2D eigenvalue weighted by atomic mass is 9.88. The van der Waals surface area contributed by atoms with E-state index in [0.717, 1.165) is 22.3 Å². The molecule has 0 fully saturated rings. The van der Waals surface area contributed by atoms with Crippen molar-refractivity contribution in [1.82, 2.24) is 4.98 Å². The summed E-state index contributed by atoms with van der Waals surface area (Å²) in [7, 11) is 1.69. The van der Waals surface area contributed by atoms with E-state index >= 15 is 0 Å². The molecular weight excluding hydrogens is 210 g/mol. The van der Waals surface area contributed by atoms with Gasteiger partial charge in [-0.25, -0.2) is 0 Å². The van der Waals surface area contributed by atoms with Crippen molar-refractivity contribution in [1.29, 1.82) is 0 Å². The van der Waals surface area contributed by atoms with Crippen LogP contribution in [0.25, 0.3) is 10.9 Å². The molecule has 0 aliphatic carbocycles. The maximum Gasteiger partial charge on any atom is 0.119 e. The number of fused-ring (bicyclic) bond motifs is 1. The molecule has 2 aromatic rings. The van der Waals surface area contributed by atoms with Gasteiger partial charge in [0.15, 0.2) is 0 Å². The Morgan fingerprint density at radius 1 is 1.12 bits per heavy atom. The van der Waals surface area contributed by atoms with Crippen LogP contribution in [0, 0.1) is 6.92 Å². The molecule has 1 heterocycles. The van der Waals surface area contributed by atoms with Crippen LogP contribution in [0.15, 0.2) is 24.3 Å². The average Bonchev–Trinajstić information content (AvgIpc) is 2.25. The molecule has 17 heavy (non-hydrogen) atoms. The molecule has 1 aromatic carbocycles. The fourth-order valence-corrected chi connectivity index (χ4v) is 2.15. The summed E-state index contributed by atoms with van der Waals surface area (Å²) in [6, 6.07) is 8.19. The largest absolute Gasteiger partial charge is 0.497 e. The molecule has 0 aliphatic heterocycles. The van der Waals surface area contributed by atoms with Crippen LogP contribution in [0.2, 0.25) is 0 Å². The van der Waals surface area contributed by atoms with Gasteiger partial charge in [-0.05, 0) is 36.8 Å². The third-order valence-electron chi connectivity index (χ3n) is 2.92. The number of ether oxygens (including phenoxy) is 1. The Bertz CT molecular complexity index is 553. The monoisotopic (exact) mass is 229 g/mol. The lowest BCUT2D eigenvalue weighted by Crippen LogP contribution is -2.15. The van der Waals surface area contributed by atoms with Crippen LogP contribution < -0.4 is 4.74 Å². The summed E-state index contributed by atoms with van der Waals surface area (Å²) >= 11 is 0. The minimum Gasteiger partial charge on any atom is -0.497 e. The van der Waals surface area contributed by atoms with Gasteiger partial charge in [-0.1, -0.05) is 20.8 Å². The molecular formula is C15H19NO. The number of aromatic nitrogens is 1. The molecule has 90 valence electrons. The van der Waals surface area contributed by atoms with Gasteiger partial charge in [0.05, 0.1) is 12.6 Å². The number of nitrogens with zero attached hydrogens (tertiary/aromatic N) is 1. The number of aryl methyl sites for hydroxylation is 1. The van der Waals surface area contributed by atoms with Crippen LogP contribution in [0.5, 0.6) is 5.75 Å². The molecule has 2 rings (SSSR count). The van der Waals surface area contributed by atoms with Gasteiger partial charge in [-0.2, -0.15) is 0 Å². The summed E-state index contributed by atoms with van der Waals surface area (Å²) in [5, 5.41) is 1.13. The first kappa shape index (κ1) is 11.9. The van der Waals surface area contributed by atoms with Crippen molar-refractivity contribution < 1.29 is 4.74 Å². The van der Waals surface area contributed by atoms with Crippen molar-refractivity contribution in [3.8, 4) is 5.75 Å². The SMILES string of the molecule is COc1ccc2nc(C(C)(C)C)c(C)cc2c1. The van der Waals surface area contributed by atoms with E-state index in [1.807, 2.05) is 18.2 Å². The number of methoxy groups -OCH3 is 1. The van der Waals surface area contributed by atoms with E-state index in [-0.39, 0.29) is 5.41 Å². The van der Waals surface area contributed by atoms with Crippen LogP contribution >= 0.6 is 0 Å². The Hall–Kier alpha value is -1.57.